The molecule has 1 aliphatic rings. The van der Waals surface area contributed by atoms with E-state index in [1.807, 2.05) is 0 Å². The fourth-order valence-corrected chi connectivity index (χ4v) is 2.55. The van der Waals surface area contributed by atoms with Crippen LogP contribution in [-0.2, 0) is 16.9 Å². The number of aromatic nitrogens is 3. The Bertz CT molecular complexity index is 565. The van der Waals surface area contributed by atoms with Crippen LogP contribution in [0.3, 0.4) is 0 Å². The quantitative estimate of drug-likeness (QED) is 0.854. The van der Waals surface area contributed by atoms with E-state index in [4.69, 9.17) is 4.74 Å². The van der Waals surface area contributed by atoms with Gasteiger partial charge < -0.3 is 4.74 Å². The standard InChI is InChI=1S/C13H13F2N3O/c14-10-2-3-11(12(15)6-10)13(4-1-5-19-13)7-18-9-16-8-17-18/h2-3,6,8-9H,1,4-5,7H2/t13-/m0/s1. The van der Waals surface area contributed by atoms with Gasteiger partial charge in [0.1, 0.15) is 29.9 Å². The van der Waals surface area contributed by atoms with Crippen molar-refractivity contribution in [3.8, 4) is 0 Å². The SMILES string of the molecule is Fc1ccc([C@@]2(Cn3cncn3)CCCO2)c(F)c1. The molecule has 1 saturated heterocycles. The molecule has 1 fully saturated rings. The minimum atomic E-state index is -0.786. The number of nitrogens with zero attached hydrogens (tertiary/aromatic N) is 3. The van der Waals surface area contributed by atoms with Crippen molar-refractivity contribution in [3.63, 3.8) is 0 Å². The van der Waals surface area contributed by atoms with Gasteiger partial charge in [-0.15, -0.1) is 0 Å². The van der Waals surface area contributed by atoms with Crippen LogP contribution in [0, 0.1) is 11.6 Å². The molecule has 0 unspecified atom stereocenters. The summed E-state index contributed by atoms with van der Waals surface area (Å²) < 4.78 is 34.4. The van der Waals surface area contributed by atoms with Crippen molar-refractivity contribution < 1.29 is 13.5 Å². The predicted molar refractivity (Wildman–Crippen MR) is 63.2 cm³/mol. The number of rotatable bonds is 3. The van der Waals surface area contributed by atoms with Gasteiger partial charge in [-0.25, -0.2) is 18.4 Å². The molecule has 6 heteroatoms. The van der Waals surface area contributed by atoms with Crippen LogP contribution in [0.5, 0.6) is 0 Å². The number of hydrogen-bond acceptors (Lipinski definition) is 3. The largest absolute Gasteiger partial charge is 0.368 e. The Kier molecular flexibility index (Phi) is 3.02. The maximum absolute atomic E-state index is 14.0. The topological polar surface area (TPSA) is 39.9 Å². The maximum Gasteiger partial charge on any atom is 0.137 e. The highest BCUT2D eigenvalue weighted by atomic mass is 19.1. The van der Waals surface area contributed by atoms with Gasteiger partial charge in [0.05, 0.1) is 6.54 Å². The Morgan fingerprint density at radius 3 is 2.89 bits per heavy atom. The summed E-state index contributed by atoms with van der Waals surface area (Å²) in [5.41, 5.74) is -0.409. The minimum absolute atomic E-state index is 0.371. The Balaban J connectivity index is 2.00. The van der Waals surface area contributed by atoms with Crippen LogP contribution in [-0.4, -0.2) is 21.4 Å². The van der Waals surface area contributed by atoms with Crippen LogP contribution in [0.2, 0.25) is 0 Å². The summed E-state index contributed by atoms with van der Waals surface area (Å²) in [6.07, 6.45) is 4.50. The molecule has 0 saturated carbocycles. The molecule has 1 atom stereocenters. The molecule has 100 valence electrons. The van der Waals surface area contributed by atoms with E-state index in [2.05, 4.69) is 10.1 Å². The highest BCUT2D eigenvalue weighted by Gasteiger charge is 2.40. The van der Waals surface area contributed by atoms with Crippen molar-refractivity contribution in [3.05, 3.63) is 48.1 Å². The second-order valence-electron chi connectivity index (χ2n) is 4.66. The molecule has 3 rings (SSSR count). The molecule has 2 aromatic rings. The first-order valence-electron chi connectivity index (χ1n) is 6.11. The molecule has 1 aliphatic heterocycles. The van der Waals surface area contributed by atoms with Gasteiger partial charge in [0.25, 0.3) is 0 Å². The van der Waals surface area contributed by atoms with Crippen molar-refractivity contribution in [1.82, 2.24) is 14.8 Å². The first-order valence-corrected chi connectivity index (χ1v) is 6.11. The maximum atomic E-state index is 14.0. The Labute approximate surface area is 109 Å². The zero-order valence-electron chi connectivity index (χ0n) is 10.2. The summed E-state index contributed by atoms with van der Waals surface area (Å²) in [7, 11) is 0. The van der Waals surface area contributed by atoms with E-state index in [1.165, 1.54) is 18.5 Å². The van der Waals surface area contributed by atoms with Gasteiger partial charge >= 0.3 is 0 Å². The highest BCUT2D eigenvalue weighted by Crippen LogP contribution is 2.38. The lowest BCUT2D eigenvalue weighted by molar-refractivity contribution is -0.0197. The molecule has 4 nitrogen and oxygen atoms in total. The van der Waals surface area contributed by atoms with Gasteiger partial charge in [-0.05, 0) is 18.9 Å². The minimum Gasteiger partial charge on any atom is -0.368 e. The Morgan fingerprint density at radius 1 is 1.37 bits per heavy atom. The molecule has 0 radical (unpaired) electrons. The number of hydrogen-bond donors (Lipinski definition) is 0. The van der Waals surface area contributed by atoms with Crippen molar-refractivity contribution in [2.75, 3.05) is 6.61 Å². The van der Waals surface area contributed by atoms with E-state index >= 15 is 0 Å². The van der Waals surface area contributed by atoms with E-state index in [0.717, 1.165) is 12.5 Å². The number of halogens is 2. The summed E-state index contributed by atoms with van der Waals surface area (Å²) in [5.74, 6) is -1.17. The fourth-order valence-electron chi connectivity index (χ4n) is 2.55. The second kappa shape index (κ2) is 4.70. The lowest BCUT2D eigenvalue weighted by Gasteiger charge is -2.29. The first kappa shape index (κ1) is 12.2. The second-order valence-corrected chi connectivity index (χ2v) is 4.66. The predicted octanol–water partition coefficient (Wildman–Crippen LogP) is 2.26. The van der Waals surface area contributed by atoms with E-state index in [0.29, 0.717) is 25.1 Å². The third kappa shape index (κ3) is 2.23. The fraction of sp³-hybridized carbons (Fsp3) is 0.385. The summed E-state index contributed by atoms with van der Waals surface area (Å²) in [6.45, 7) is 0.932. The normalized spacial score (nSPS) is 22.8. The van der Waals surface area contributed by atoms with Gasteiger partial charge in [-0.2, -0.15) is 5.10 Å². The van der Waals surface area contributed by atoms with Gasteiger partial charge in [0.2, 0.25) is 0 Å². The molecule has 0 spiro atoms. The molecule has 0 bridgehead atoms. The van der Waals surface area contributed by atoms with Crippen molar-refractivity contribution in [1.29, 1.82) is 0 Å². The van der Waals surface area contributed by atoms with Crippen LogP contribution < -0.4 is 0 Å². The van der Waals surface area contributed by atoms with E-state index in [-0.39, 0.29) is 0 Å². The molecule has 1 aromatic carbocycles. The summed E-state index contributed by atoms with van der Waals surface area (Å²) >= 11 is 0. The van der Waals surface area contributed by atoms with Crippen molar-refractivity contribution in [2.45, 2.75) is 25.0 Å². The van der Waals surface area contributed by atoms with Crippen molar-refractivity contribution in [2.24, 2.45) is 0 Å². The average Bonchev–Trinajstić information content (AvgIpc) is 3.02. The highest BCUT2D eigenvalue weighted by molar-refractivity contribution is 5.26. The van der Waals surface area contributed by atoms with Crippen molar-refractivity contribution >= 4 is 0 Å². The Hall–Kier alpha value is -1.82. The van der Waals surface area contributed by atoms with Crippen LogP contribution >= 0.6 is 0 Å². The van der Waals surface area contributed by atoms with Gasteiger partial charge in [0, 0.05) is 18.2 Å². The third-order valence-electron chi connectivity index (χ3n) is 3.41. The smallest absolute Gasteiger partial charge is 0.137 e. The van der Waals surface area contributed by atoms with E-state index < -0.39 is 17.2 Å². The Morgan fingerprint density at radius 2 is 2.26 bits per heavy atom. The van der Waals surface area contributed by atoms with Crippen LogP contribution in [0.15, 0.2) is 30.9 Å². The lowest BCUT2D eigenvalue weighted by Crippen LogP contribution is -2.32. The number of benzene rings is 1. The summed E-state index contributed by atoms with van der Waals surface area (Å²) in [4.78, 5) is 3.87. The molecule has 2 heterocycles. The zero-order valence-corrected chi connectivity index (χ0v) is 10.2. The zero-order chi connectivity index (χ0) is 13.3. The van der Waals surface area contributed by atoms with Crippen LogP contribution in [0.1, 0.15) is 18.4 Å². The molecule has 0 aliphatic carbocycles. The lowest BCUT2D eigenvalue weighted by atomic mass is 9.90. The van der Waals surface area contributed by atoms with Crippen LogP contribution in [0.4, 0.5) is 8.78 Å². The van der Waals surface area contributed by atoms with Gasteiger partial charge in [0.15, 0.2) is 0 Å². The molecular formula is C13H13F2N3O. The monoisotopic (exact) mass is 265 g/mol. The van der Waals surface area contributed by atoms with Gasteiger partial charge in [-0.3, -0.25) is 0 Å². The van der Waals surface area contributed by atoms with E-state index in [1.54, 1.807) is 11.0 Å². The average molecular weight is 265 g/mol. The molecule has 0 N–H and O–H groups in total. The number of ether oxygens (including phenoxy) is 1. The van der Waals surface area contributed by atoms with E-state index in [9.17, 15) is 8.78 Å². The molecule has 1 aromatic heterocycles. The summed E-state index contributed by atoms with van der Waals surface area (Å²) in [5, 5.41) is 4.03. The van der Waals surface area contributed by atoms with Crippen LogP contribution in [0.25, 0.3) is 0 Å². The molecule has 19 heavy (non-hydrogen) atoms. The summed E-state index contributed by atoms with van der Waals surface area (Å²) in [6, 6.07) is 3.59. The molecular weight excluding hydrogens is 252 g/mol. The molecule has 0 amide bonds. The first-order chi connectivity index (χ1) is 9.20. The third-order valence-corrected chi connectivity index (χ3v) is 3.41. The van der Waals surface area contributed by atoms with Gasteiger partial charge in [-0.1, -0.05) is 6.07 Å².